The summed E-state index contributed by atoms with van der Waals surface area (Å²) in [5, 5.41) is 0. The Morgan fingerprint density at radius 3 is 2.71 bits per heavy atom. The second kappa shape index (κ2) is 6.11. The highest BCUT2D eigenvalue weighted by atomic mass is 16.5. The fourth-order valence-electron chi connectivity index (χ4n) is 1.03. The average molecular weight is 190 g/mol. The summed E-state index contributed by atoms with van der Waals surface area (Å²) in [7, 11) is 0. The molecule has 0 aliphatic carbocycles. The maximum absolute atomic E-state index is 10.2. The molecule has 2 nitrogen and oxygen atoms in total. The minimum absolute atomic E-state index is 0.548. The van der Waals surface area contributed by atoms with Gasteiger partial charge >= 0.3 is 0 Å². The molecular weight excluding hydrogens is 176 g/mol. The van der Waals surface area contributed by atoms with Crippen molar-refractivity contribution in [3.05, 3.63) is 48.0 Å². The maximum Gasteiger partial charge on any atom is 0.145 e. The van der Waals surface area contributed by atoms with Gasteiger partial charge in [-0.2, -0.15) is 0 Å². The molecule has 0 atom stereocenters. The first kappa shape index (κ1) is 10.7. The number of carbonyl (C=O) groups excluding carboxylic acids is 1. The van der Waals surface area contributed by atoms with Crippen LogP contribution in [0.2, 0.25) is 0 Å². The van der Waals surface area contributed by atoms with E-state index < -0.39 is 0 Å². The van der Waals surface area contributed by atoms with Crippen molar-refractivity contribution < 1.29 is 9.53 Å². The molecule has 0 fully saturated rings. The second-order valence-corrected chi connectivity index (χ2v) is 3.06. The molecule has 0 bridgehead atoms. The molecule has 0 saturated heterocycles. The average Bonchev–Trinajstić information content (AvgIpc) is 2.25. The molecular formula is C12H14O2. The minimum Gasteiger partial charge on any atom is -0.376 e. The monoisotopic (exact) mass is 190 g/mol. The van der Waals surface area contributed by atoms with Gasteiger partial charge in [0, 0.05) is 0 Å². The lowest BCUT2D eigenvalue weighted by molar-refractivity contribution is -0.105. The largest absolute Gasteiger partial charge is 0.376 e. The number of hydrogen-bond acceptors (Lipinski definition) is 2. The summed E-state index contributed by atoms with van der Waals surface area (Å²) in [5.74, 6) is 0. The van der Waals surface area contributed by atoms with Crippen LogP contribution in [0.25, 0.3) is 0 Å². The molecule has 0 aliphatic heterocycles. The molecule has 0 spiro atoms. The molecule has 74 valence electrons. The van der Waals surface area contributed by atoms with Gasteiger partial charge in [-0.05, 0) is 17.6 Å². The highest BCUT2D eigenvalue weighted by Gasteiger charge is 1.93. The van der Waals surface area contributed by atoms with Crippen molar-refractivity contribution in [3.63, 3.8) is 0 Å². The van der Waals surface area contributed by atoms with Crippen molar-refractivity contribution in [1.29, 1.82) is 0 Å². The lowest BCUT2D eigenvalue weighted by atomic mass is 10.2. The predicted octanol–water partition coefficient (Wildman–Crippen LogP) is 2.35. The molecule has 0 heterocycles. The van der Waals surface area contributed by atoms with E-state index in [-0.39, 0.29) is 0 Å². The van der Waals surface area contributed by atoms with Crippen molar-refractivity contribution in [3.8, 4) is 0 Å². The molecule has 0 N–H and O–H groups in total. The molecule has 1 aromatic rings. The molecule has 2 heteroatoms. The van der Waals surface area contributed by atoms with E-state index in [1.165, 1.54) is 0 Å². The van der Waals surface area contributed by atoms with Crippen LogP contribution in [0.1, 0.15) is 12.0 Å². The van der Waals surface area contributed by atoms with Crippen LogP contribution in [0.4, 0.5) is 0 Å². The maximum atomic E-state index is 10.2. The van der Waals surface area contributed by atoms with Crippen LogP contribution in [0, 0.1) is 0 Å². The number of rotatable bonds is 6. The quantitative estimate of drug-likeness (QED) is 0.391. The summed E-state index contributed by atoms with van der Waals surface area (Å²) in [4.78, 5) is 10.2. The zero-order valence-electron chi connectivity index (χ0n) is 8.11. The highest BCUT2D eigenvalue weighted by Crippen LogP contribution is 2.02. The number of ether oxygens (including phenoxy) is 1. The summed E-state index contributed by atoms with van der Waals surface area (Å²) >= 11 is 0. The predicted molar refractivity (Wildman–Crippen MR) is 55.9 cm³/mol. The van der Waals surface area contributed by atoms with Crippen LogP contribution in [0.3, 0.4) is 0 Å². The topological polar surface area (TPSA) is 26.3 Å². The number of benzene rings is 1. The van der Waals surface area contributed by atoms with Crippen molar-refractivity contribution in [2.45, 2.75) is 13.0 Å². The molecule has 0 unspecified atom stereocenters. The van der Waals surface area contributed by atoms with Crippen molar-refractivity contribution >= 4 is 6.29 Å². The summed E-state index contributed by atoms with van der Waals surface area (Å²) in [6, 6.07) is 9.94. The molecule has 0 aliphatic rings. The Kier molecular flexibility index (Phi) is 4.65. The summed E-state index contributed by atoms with van der Waals surface area (Å²) in [6.45, 7) is 4.71. The van der Waals surface area contributed by atoms with Crippen LogP contribution < -0.4 is 0 Å². The molecule has 0 radical (unpaired) electrons. The van der Waals surface area contributed by atoms with Crippen molar-refractivity contribution in [2.24, 2.45) is 0 Å². The van der Waals surface area contributed by atoms with E-state index in [9.17, 15) is 4.79 Å². The van der Waals surface area contributed by atoms with E-state index in [0.717, 1.165) is 11.8 Å². The molecule has 0 saturated carbocycles. The lowest BCUT2D eigenvalue weighted by Crippen LogP contribution is -1.97. The van der Waals surface area contributed by atoms with Crippen LogP contribution in [-0.4, -0.2) is 12.9 Å². The van der Waals surface area contributed by atoms with Gasteiger partial charge in [0.1, 0.15) is 6.29 Å². The van der Waals surface area contributed by atoms with Gasteiger partial charge in [-0.1, -0.05) is 36.9 Å². The Bertz CT molecular complexity index is 290. The second-order valence-electron chi connectivity index (χ2n) is 3.06. The first-order valence-corrected chi connectivity index (χ1v) is 4.57. The zero-order valence-corrected chi connectivity index (χ0v) is 8.11. The van der Waals surface area contributed by atoms with E-state index in [2.05, 4.69) is 6.58 Å². The van der Waals surface area contributed by atoms with Gasteiger partial charge in [0.2, 0.25) is 0 Å². The highest BCUT2D eigenvalue weighted by molar-refractivity contribution is 5.71. The van der Waals surface area contributed by atoms with Crippen LogP contribution in [-0.2, 0) is 16.1 Å². The lowest BCUT2D eigenvalue weighted by Gasteiger charge is -2.03. The fourth-order valence-corrected chi connectivity index (χ4v) is 1.03. The molecule has 1 rings (SSSR count). The summed E-state index contributed by atoms with van der Waals surface area (Å²) in [5.41, 5.74) is 1.72. The van der Waals surface area contributed by atoms with Gasteiger partial charge in [-0.3, -0.25) is 4.79 Å². The normalized spacial score (nSPS) is 9.71. The number of aldehydes is 1. The van der Waals surface area contributed by atoms with Crippen molar-refractivity contribution in [2.75, 3.05) is 6.61 Å². The van der Waals surface area contributed by atoms with Gasteiger partial charge in [0.25, 0.3) is 0 Å². The number of carbonyl (C=O) groups is 1. The summed E-state index contributed by atoms with van der Waals surface area (Å²) < 4.78 is 5.37. The smallest absolute Gasteiger partial charge is 0.145 e. The number of hydrogen-bond donors (Lipinski definition) is 0. The van der Waals surface area contributed by atoms with Gasteiger partial charge in [-0.25, -0.2) is 0 Å². The van der Waals surface area contributed by atoms with E-state index >= 15 is 0 Å². The van der Waals surface area contributed by atoms with E-state index in [1.807, 2.05) is 30.3 Å². The fraction of sp³-hybridized carbons (Fsp3) is 0.250. The van der Waals surface area contributed by atoms with Gasteiger partial charge in [0.15, 0.2) is 0 Å². The molecule has 1 aromatic carbocycles. The minimum atomic E-state index is 0.548. The third-order valence-corrected chi connectivity index (χ3v) is 1.85. The Balaban J connectivity index is 2.16. The first-order valence-electron chi connectivity index (χ1n) is 4.57. The van der Waals surface area contributed by atoms with Gasteiger partial charge in [-0.15, -0.1) is 0 Å². The van der Waals surface area contributed by atoms with E-state index in [0.29, 0.717) is 25.2 Å². The summed E-state index contributed by atoms with van der Waals surface area (Å²) in [6.07, 6.45) is 1.38. The Morgan fingerprint density at radius 2 is 2.07 bits per heavy atom. The van der Waals surface area contributed by atoms with Crippen LogP contribution >= 0.6 is 0 Å². The first-order chi connectivity index (χ1) is 6.83. The van der Waals surface area contributed by atoms with Crippen LogP contribution in [0.15, 0.2) is 42.5 Å². The SMILES string of the molecule is C=C(C=O)CCOCc1ccccc1. The zero-order chi connectivity index (χ0) is 10.2. The van der Waals surface area contributed by atoms with Crippen LogP contribution in [0.5, 0.6) is 0 Å². The Morgan fingerprint density at radius 1 is 1.36 bits per heavy atom. The van der Waals surface area contributed by atoms with E-state index in [4.69, 9.17) is 4.74 Å². The molecule has 0 aromatic heterocycles. The molecule has 14 heavy (non-hydrogen) atoms. The third kappa shape index (κ3) is 4.01. The van der Waals surface area contributed by atoms with E-state index in [1.54, 1.807) is 0 Å². The third-order valence-electron chi connectivity index (χ3n) is 1.85. The standard InChI is InChI=1S/C12H14O2/c1-11(9-13)7-8-14-10-12-5-3-2-4-6-12/h2-6,9H,1,7-8,10H2. The Hall–Kier alpha value is -1.41. The Labute approximate surface area is 84.2 Å². The van der Waals surface area contributed by atoms with Gasteiger partial charge < -0.3 is 4.74 Å². The van der Waals surface area contributed by atoms with Crippen molar-refractivity contribution in [1.82, 2.24) is 0 Å². The van der Waals surface area contributed by atoms with Gasteiger partial charge in [0.05, 0.1) is 13.2 Å². The molecule has 0 amide bonds.